The molecule has 1 radical (unpaired) electrons. The summed E-state index contributed by atoms with van der Waals surface area (Å²) in [6.45, 7) is 5.19. The Hall–Kier alpha value is -1.07. The molecule has 2 aromatic carbocycles. The molecule has 25 heavy (non-hydrogen) atoms. The molecule has 3 rings (SSSR count). The number of hydrogen-bond acceptors (Lipinski definition) is 3. The predicted octanol–water partition coefficient (Wildman–Crippen LogP) is 3.51. The first-order valence-electron chi connectivity index (χ1n) is 8.21. The molecule has 1 fully saturated rings. The van der Waals surface area contributed by atoms with E-state index in [2.05, 4.69) is 32.0 Å². The second-order valence-corrected chi connectivity index (χ2v) is 6.21. The van der Waals surface area contributed by atoms with Crippen LogP contribution in [0.3, 0.4) is 0 Å². The number of hydrogen-bond donors (Lipinski definition) is 0. The van der Waals surface area contributed by atoms with Crippen LogP contribution in [0, 0.1) is 6.07 Å². The van der Waals surface area contributed by atoms with Gasteiger partial charge in [-0.25, -0.2) is 0 Å². The molecular weight excluding hydrogens is 391 g/mol. The van der Waals surface area contributed by atoms with Crippen LogP contribution in [-0.2, 0) is 53.6 Å². The van der Waals surface area contributed by atoms with Gasteiger partial charge in [-0.2, -0.15) is 30.3 Å². The summed E-state index contributed by atoms with van der Waals surface area (Å²) in [6.07, 6.45) is -0.382. The average Bonchev–Trinajstić information content (AvgIpc) is 2.96. The number of benzene rings is 2. The summed E-state index contributed by atoms with van der Waals surface area (Å²) >= 11 is 0. The largest absolute Gasteiger partial charge is 0.384 e. The molecule has 1 atom stereocenters. The Morgan fingerprint density at radius 1 is 1.32 bits per heavy atom. The smallest absolute Gasteiger partial charge is 0.255 e. The van der Waals surface area contributed by atoms with Gasteiger partial charge in [0.15, 0.2) is 6.23 Å². The molecule has 0 aliphatic carbocycles. The molecular formula is C20H22NO3Y-. The third kappa shape index (κ3) is 5.21. The van der Waals surface area contributed by atoms with Crippen LogP contribution < -0.4 is 4.90 Å². The molecule has 129 valence electrons. The number of nitrogens with zero attached hydrogens (tertiary/aromatic N) is 1. The normalized spacial score (nSPS) is 17.0. The number of carbonyl (C=O) groups excluding carboxylic acids is 1. The van der Waals surface area contributed by atoms with Gasteiger partial charge in [0.1, 0.15) is 6.61 Å². The molecule has 0 spiro atoms. The summed E-state index contributed by atoms with van der Waals surface area (Å²) in [5, 5.41) is 0. The van der Waals surface area contributed by atoms with E-state index in [1.807, 2.05) is 36.4 Å². The minimum Gasteiger partial charge on any atom is -0.384 e. The van der Waals surface area contributed by atoms with Crippen molar-refractivity contribution in [2.24, 2.45) is 0 Å². The zero-order chi connectivity index (χ0) is 16.9. The minimum absolute atomic E-state index is 0. The molecule has 2 aromatic rings. The quantitative estimate of drug-likeness (QED) is 0.681. The molecule has 4 nitrogen and oxygen atoms in total. The molecule has 1 aliphatic rings. The summed E-state index contributed by atoms with van der Waals surface area (Å²) in [5.41, 5.74) is 3.12. The van der Waals surface area contributed by atoms with Gasteiger partial charge < -0.3 is 9.47 Å². The van der Waals surface area contributed by atoms with Crippen LogP contribution in [0.25, 0.3) is 0 Å². The van der Waals surface area contributed by atoms with E-state index in [-0.39, 0.29) is 51.5 Å². The summed E-state index contributed by atoms with van der Waals surface area (Å²) < 4.78 is 11.4. The second kappa shape index (κ2) is 9.58. The summed E-state index contributed by atoms with van der Waals surface area (Å²) in [7, 11) is 0. The molecule has 1 saturated heterocycles. The van der Waals surface area contributed by atoms with Gasteiger partial charge in [0.2, 0.25) is 0 Å². The Morgan fingerprint density at radius 3 is 2.88 bits per heavy atom. The fourth-order valence-electron chi connectivity index (χ4n) is 2.74. The SMILES string of the molecule is CC(C)c1cccc(N2C(=O)COC2COCc2c[c-]ccc2)c1.[Y]. The fraction of sp³-hybridized carbons (Fsp3) is 0.350. The Morgan fingerprint density at radius 2 is 2.16 bits per heavy atom. The number of amides is 1. The fourth-order valence-corrected chi connectivity index (χ4v) is 2.74. The predicted molar refractivity (Wildman–Crippen MR) is 92.7 cm³/mol. The van der Waals surface area contributed by atoms with E-state index < -0.39 is 0 Å². The Bertz CT molecular complexity index is 690. The first kappa shape index (κ1) is 20.2. The van der Waals surface area contributed by atoms with Crippen LogP contribution in [0.4, 0.5) is 5.69 Å². The van der Waals surface area contributed by atoms with Gasteiger partial charge in [-0.1, -0.05) is 26.0 Å². The van der Waals surface area contributed by atoms with Crippen molar-refractivity contribution in [1.82, 2.24) is 0 Å². The number of rotatable bonds is 6. The summed E-state index contributed by atoms with van der Waals surface area (Å²) in [6, 6.07) is 18.7. The van der Waals surface area contributed by atoms with Gasteiger partial charge in [-0.3, -0.25) is 9.69 Å². The van der Waals surface area contributed by atoms with Gasteiger partial charge >= 0.3 is 0 Å². The van der Waals surface area contributed by atoms with Crippen LogP contribution in [0.1, 0.15) is 30.9 Å². The first-order chi connectivity index (χ1) is 11.6. The summed E-state index contributed by atoms with van der Waals surface area (Å²) in [4.78, 5) is 13.9. The van der Waals surface area contributed by atoms with Gasteiger partial charge in [-0.15, -0.1) is 5.56 Å². The molecule has 0 bridgehead atoms. The molecule has 0 saturated carbocycles. The third-order valence-electron chi connectivity index (χ3n) is 4.07. The minimum atomic E-state index is -0.382. The zero-order valence-electron chi connectivity index (χ0n) is 14.6. The number of anilines is 1. The standard InChI is InChI=1S/C20H22NO3.Y/c1-15(2)17-9-6-10-18(11-17)21-19(22)13-24-20(21)14-23-12-16-7-4-3-5-8-16;/h3-4,6-11,15,20H,12-14H2,1-2H3;/q-1;. The monoisotopic (exact) mass is 413 g/mol. The average molecular weight is 413 g/mol. The summed E-state index contributed by atoms with van der Waals surface area (Å²) in [5.74, 6) is 0.380. The van der Waals surface area contributed by atoms with Crippen LogP contribution in [-0.4, -0.2) is 25.3 Å². The topological polar surface area (TPSA) is 38.8 Å². The molecule has 1 heterocycles. The third-order valence-corrected chi connectivity index (χ3v) is 4.07. The Balaban J connectivity index is 0.00000225. The number of carbonyl (C=O) groups is 1. The maximum absolute atomic E-state index is 12.2. The molecule has 1 amide bonds. The first-order valence-corrected chi connectivity index (χ1v) is 8.21. The van der Waals surface area contributed by atoms with Crippen LogP contribution >= 0.6 is 0 Å². The van der Waals surface area contributed by atoms with E-state index in [4.69, 9.17) is 9.47 Å². The van der Waals surface area contributed by atoms with Crippen molar-refractivity contribution in [3.63, 3.8) is 0 Å². The Labute approximate surface area is 174 Å². The maximum atomic E-state index is 12.2. The van der Waals surface area contributed by atoms with Crippen molar-refractivity contribution in [3.8, 4) is 0 Å². The number of ether oxygens (including phenoxy) is 2. The van der Waals surface area contributed by atoms with Gasteiger partial charge in [-0.05, 0) is 23.6 Å². The molecule has 1 aliphatic heterocycles. The van der Waals surface area contributed by atoms with E-state index in [0.29, 0.717) is 19.1 Å². The van der Waals surface area contributed by atoms with Gasteiger partial charge in [0.25, 0.3) is 5.91 Å². The molecule has 0 N–H and O–H groups in total. The zero-order valence-corrected chi connectivity index (χ0v) is 17.5. The Kier molecular flexibility index (Phi) is 7.76. The second-order valence-electron chi connectivity index (χ2n) is 6.21. The van der Waals surface area contributed by atoms with Crippen molar-refractivity contribution in [1.29, 1.82) is 0 Å². The van der Waals surface area contributed by atoms with E-state index in [1.54, 1.807) is 4.90 Å². The van der Waals surface area contributed by atoms with E-state index in [0.717, 1.165) is 11.3 Å². The molecule has 1 unspecified atom stereocenters. The van der Waals surface area contributed by atoms with E-state index >= 15 is 0 Å². The van der Waals surface area contributed by atoms with Crippen LogP contribution in [0.2, 0.25) is 0 Å². The maximum Gasteiger partial charge on any atom is 0.255 e. The van der Waals surface area contributed by atoms with Crippen molar-refractivity contribution in [3.05, 3.63) is 65.7 Å². The van der Waals surface area contributed by atoms with E-state index in [1.165, 1.54) is 5.56 Å². The van der Waals surface area contributed by atoms with Gasteiger partial charge in [0.05, 0.1) is 6.61 Å². The van der Waals surface area contributed by atoms with Crippen molar-refractivity contribution >= 4 is 11.6 Å². The van der Waals surface area contributed by atoms with Crippen molar-refractivity contribution in [2.45, 2.75) is 32.6 Å². The molecule has 0 aromatic heterocycles. The van der Waals surface area contributed by atoms with Crippen LogP contribution in [0.15, 0.2) is 48.5 Å². The van der Waals surface area contributed by atoms with Crippen molar-refractivity contribution < 1.29 is 47.0 Å². The molecule has 5 heteroatoms. The van der Waals surface area contributed by atoms with Crippen LogP contribution in [0.5, 0.6) is 0 Å². The van der Waals surface area contributed by atoms with E-state index in [9.17, 15) is 4.79 Å². The van der Waals surface area contributed by atoms with Crippen molar-refractivity contribution in [2.75, 3.05) is 18.1 Å². The van der Waals surface area contributed by atoms with Gasteiger partial charge in [0, 0.05) is 45.0 Å².